The summed E-state index contributed by atoms with van der Waals surface area (Å²) < 4.78 is 6.50. The maximum absolute atomic E-state index is 12.8. The number of aryl methyl sites for hydroxylation is 1. The van der Waals surface area contributed by atoms with Crippen LogP contribution in [-0.4, -0.2) is 39.0 Å². The van der Waals surface area contributed by atoms with Gasteiger partial charge in [-0.1, -0.05) is 6.07 Å². The van der Waals surface area contributed by atoms with Gasteiger partial charge in [-0.3, -0.25) is 9.59 Å². The number of fused-ring (bicyclic) bond motifs is 1. The van der Waals surface area contributed by atoms with E-state index in [0.29, 0.717) is 34.6 Å². The molecule has 1 aromatic carbocycles. The number of anilines is 1. The summed E-state index contributed by atoms with van der Waals surface area (Å²) in [5, 5.41) is 7.10. The van der Waals surface area contributed by atoms with E-state index in [1.54, 1.807) is 49.0 Å². The van der Waals surface area contributed by atoms with Crippen LogP contribution in [0.1, 0.15) is 62.4 Å². The summed E-state index contributed by atoms with van der Waals surface area (Å²) in [6.07, 6.45) is 3.74. The molecule has 0 spiro atoms. The Morgan fingerprint density at radius 1 is 1.27 bits per heavy atom. The predicted molar refractivity (Wildman–Crippen MR) is 110 cm³/mol. The molecule has 1 aliphatic rings. The van der Waals surface area contributed by atoms with Crippen molar-refractivity contribution in [1.29, 1.82) is 0 Å². The molecule has 2 heterocycles. The van der Waals surface area contributed by atoms with Crippen LogP contribution in [-0.2, 0) is 11.2 Å². The molecule has 2 aromatic heterocycles. The molecule has 0 atom stereocenters. The number of benzene rings is 1. The number of aromatic amines is 1. The number of H-pyrrole nitrogens is 1. The summed E-state index contributed by atoms with van der Waals surface area (Å²) in [6, 6.07) is 8.69. The summed E-state index contributed by atoms with van der Waals surface area (Å²) in [5.74, 6) is -0.705. The number of carbonyl (C=O) groups is 3. The first kappa shape index (κ1) is 19.6. The van der Waals surface area contributed by atoms with E-state index in [0.717, 1.165) is 18.5 Å². The molecule has 3 aromatic rings. The smallest absolute Gasteiger partial charge is 0.358 e. The number of aromatic nitrogens is 3. The van der Waals surface area contributed by atoms with Crippen LogP contribution in [0.2, 0.25) is 0 Å². The molecule has 8 heteroatoms. The van der Waals surface area contributed by atoms with Crippen LogP contribution in [0.3, 0.4) is 0 Å². The highest BCUT2D eigenvalue weighted by molar-refractivity contribution is 6.08. The Morgan fingerprint density at radius 3 is 2.87 bits per heavy atom. The van der Waals surface area contributed by atoms with Crippen LogP contribution >= 0.6 is 0 Å². The van der Waals surface area contributed by atoms with Crippen molar-refractivity contribution >= 4 is 23.3 Å². The SMILES string of the molecule is CCOC(=O)c1ccn(-c2cccc(NC(=O)c3[nH]c4c(c3C)C(=O)CCC4)c2)n1. The summed E-state index contributed by atoms with van der Waals surface area (Å²) in [4.78, 5) is 40.0. The molecule has 1 amide bonds. The third-order valence-corrected chi connectivity index (χ3v) is 5.11. The number of hydrogen-bond donors (Lipinski definition) is 2. The number of ether oxygens (including phenoxy) is 1. The Hall–Kier alpha value is -3.68. The Labute approximate surface area is 173 Å². The van der Waals surface area contributed by atoms with Gasteiger partial charge >= 0.3 is 5.97 Å². The molecule has 0 bridgehead atoms. The highest BCUT2D eigenvalue weighted by Crippen LogP contribution is 2.27. The predicted octanol–water partition coefficient (Wildman–Crippen LogP) is 3.46. The largest absolute Gasteiger partial charge is 0.461 e. The average Bonchev–Trinajstić information content (AvgIpc) is 3.34. The first-order chi connectivity index (χ1) is 14.5. The van der Waals surface area contributed by atoms with Gasteiger partial charge in [-0.25, -0.2) is 9.48 Å². The topological polar surface area (TPSA) is 106 Å². The van der Waals surface area contributed by atoms with Gasteiger partial charge in [0.2, 0.25) is 0 Å². The van der Waals surface area contributed by atoms with Crippen molar-refractivity contribution in [3.05, 3.63) is 64.7 Å². The van der Waals surface area contributed by atoms with Crippen molar-refractivity contribution < 1.29 is 19.1 Å². The molecule has 0 fully saturated rings. The molecule has 0 unspecified atom stereocenters. The van der Waals surface area contributed by atoms with E-state index < -0.39 is 5.97 Å². The minimum atomic E-state index is -0.485. The Kier molecular flexibility index (Phi) is 5.22. The van der Waals surface area contributed by atoms with Crippen LogP contribution < -0.4 is 5.32 Å². The molecule has 1 aliphatic carbocycles. The minimum absolute atomic E-state index is 0.0853. The molecule has 30 heavy (non-hydrogen) atoms. The van der Waals surface area contributed by atoms with E-state index in [9.17, 15) is 14.4 Å². The van der Waals surface area contributed by atoms with Crippen LogP contribution in [0.15, 0.2) is 36.5 Å². The van der Waals surface area contributed by atoms with Crippen LogP contribution in [0.4, 0.5) is 5.69 Å². The number of rotatable bonds is 5. The van der Waals surface area contributed by atoms with Gasteiger partial charge in [-0.2, -0.15) is 5.10 Å². The lowest BCUT2D eigenvalue weighted by Crippen LogP contribution is -2.14. The minimum Gasteiger partial charge on any atom is -0.461 e. The lowest BCUT2D eigenvalue weighted by atomic mass is 9.94. The standard InChI is InChI=1S/C22H22N4O4/c1-3-30-22(29)17-10-11-26(25-17)15-7-4-6-14(12-15)23-21(28)20-13(2)19-16(24-20)8-5-9-18(19)27/h4,6-7,10-12,24H,3,5,8-9H2,1-2H3,(H,23,28). The lowest BCUT2D eigenvalue weighted by Gasteiger charge is -2.09. The third-order valence-electron chi connectivity index (χ3n) is 5.11. The van der Waals surface area contributed by atoms with E-state index in [2.05, 4.69) is 15.4 Å². The Balaban J connectivity index is 1.55. The molecule has 0 saturated carbocycles. The first-order valence-electron chi connectivity index (χ1n) is 9.87. The third kappa shape index (κ3) is 3.63. The maximum Gasteiger partial charge on any atom is 0.358 e. The zero-order valence-corrected chi connectivity index (χ0v) is 16.8. The van der Waals surface area contributed by atoms with Gasteiger partial charge in [0.1, 0.15) is 5.69 Å². The van der Waals surface area contributed by atoms with E-state index in [1.807, 2.05) is 6.07 Å². The van der Waals surface area contributed by atoms with Crippen molar-refractivity contribution in [3.63, 3.8) is 0 Å². The number of carbonyl (C=O) groups excluding carboxylic acids is 3. The summed E-state index contributed by atoms with van der Waals surface area (Å²) in [5.41, 5.74) is 4.06. The van der Waals surface area contributed by atoms with Crippen molar-refractivity contribution in [2.75, 3.05) is 11.9 Å². The van der Waals surface area contributed by atoms with Gasteiger partial charge in [0, 0.05) is 29.6 Å². The molecule has 0 saturated heterocycles. The van der Waals surface area contributed by atoms with Crippen molar-refractivity contribution in [3.8, 4) is 5.69 Å². The quantitative estimate of drug-likeness (QED) is 0.631. The highest BCUT2D eigenvalue weighted by Gasteiger charge is 2.26. The summed E-state index contributed by atoms with van der Waals surface area (Å²) >= 11 is 0. The molecular weight excluding hydrogens is 384 g/mol. The number of amides is 1. The molecule has 4 rings (SSSR count). The monoisotopic (exact) mass is 406 g/mol. The number of Topliss-reactive ketones (excluding diaryl/α,β-unsaturated/α-hetero) is 1. The lowest BCUT2D eigenvalue weighted by molar-refractivity contribution is 0.0518. The van der Waals surface area contributed by atoms with Gasteiger partial charge < -0.3 is 15.0 Å². The van der Waals surface area contributed by atoms with E-state index in [1.165, 1.54) is 0 Å². The van der Waals surface area contributed by atoms with Gasteiger partial charge in [0.25, 0.3) is 5.91 Å². The second-order valence-electron chi connectivity index (χ2n) is 7.13. The summed E-state index contributed by atoms with van der Waals surface area (Å²) in [7, 11) is 0. The van der Waals surface area contributed by atoms with Crippen LogP contribution in [0, 0.1) is 6.92 Å². The second-order valence-corrected chi connectivity index (χ2v) is 7.13. The van der Waals surface area contributed by atoms with Gasteiger partial charge in [-0.05, 0) is 56.5 Å². The van der Waals surface area contributed by atoms with Gasteiger partial charge in [0.05, 0.1) is 12.3 Å². The maximum atomic E-state index is 12.8. The number of esters is 1. The highest BCUT2D eigenvalue weighted by atomic mass is 16.5. The van der Waals surface area contributed by atoms with Gasteiger partial charge in [-0.15, -0.1) is 0 Å². The number of ketones is 1. The fourth-order valence-electron chi connectivity index (χ4n) is 3.70. The number of hydrogen-bond acceptors (Lipinski definition) is 5. The number of nitrogens with zero attached hydrogens (tertiary/aromatic N) is 2. The number of nitrogens with one attached hydrogen (secondary N) is 2. The molecule has 2 N–H and O–H groups in total. The van der Waals surface area contributed by atoms with Crippen LogP contribution in [0.25, 0.3) is 5.69 Å². The fraction of sp³-hybridized carbons (Fsp3) is 0.273. The normalized spacial score (nSPS) is 13.1. The van der Waals surface area contributed by atoms with Gasteiger partial charge in [0.15, 0.2) is 11.5 Å². The Bertz CT molecular complexity index is 1140. The first-order valence-corrected chi connectivity index (χ1v) is 9.87. The average molecular weight is 406 g/mol. The fourth-order valence-corrected chi connectivity index (χ4v) is 3.70. The molecule has 0 radical (unpaired) electrons. The zero-order valence-electron chi connectivity index (χ0n) is 16.8. The van der Waals surface area contributed by atoms with E-state index in [-0.39, 0.29) is 24.0 Å². The molecular formula is C22H22N4O4. The second kappa shape index (κ2) is 7.98. The van der Waals surface area contributed by atoms with E-state index >= 15 is 0 Å². The van der Waals surface area contributed by atoms with Crippen molar-refractivity contribution in [2.24, 2.45) is 0 Å². The summed E-state index contributed by atoms with van der Waals surface area (Å²) in [6.45, 7) is 3.81. The molecule has 8 nitrogen and oxygen atoms in total. The van der Waals surface area contributed by atoms with E-state index in [4.69, 9.17) is 4.74 Å². The Morgan fingerprint density at radius 2 is 2.10 bits per heavy atom. The van der Waals surface area contributed by atoms with Crippen molar-refractivity contribution in [2.45, 2.75) is 33.1 Å². The molecule has 0 aliphatic heterocycles. The van der Waals surface area contributed by atoms with Crippen molar-refractivity contribution in [1.82, 2.24) is 14.8 Å². The van der Waals surface area contributed by atoms with Crippen LogP contribution in [0.5, 0.6) is 0 Å². The zero-order chi connectivity index (χ0) is 21.3. The molecule has 154 valence electrons.